The third-order valence-corrected chi connectivity index (χ3v) is 8.42. The molecule has 5 nitrogen and oxygen atoms in total. The van der Waals surface area contributed by atoms with Crippen LogP contribution in [0.1, 0.15) is 102 Å². The van der Waals surface area contributed by atoms with E-state index in [9.17, 15) is 0 Å². The highest BCUT2D eigenvalue weighted by atomic mass is 35.5. The molecule has 0 aliphatic rings. The smallest absolute Gasteiger partial charge is 0.239 e. The number of halogens is 2. The maximum atomic E-state index is 6.15. The summed E-state index contributed by atoms with van der Waals surface area (Å²) in [4.78, 5) is 8.91. The van der Waals surface area contributed by atoms with Gasteiger partial charge in [0.05, 0.1) is 16.7 Å². The van der Waals surface area contributed by atoms with E-state index in [0.717, 1.165) is 33.8 Å². The third-order valence-electron chi connectivity index (χ3n) is 6.63. The fourth-order valence-electron chi connectivity index (χ4n) is 4.47. The van der Waals surface area contributed by atoms with E-state index in [4.69, 9.17) is 27.9 Å². The Morgan fingerprint density at radius 1 is 0.784 bits per heavy atom. The predicted octanol–water partition coefficient (Wildman–Crippen LogP) is 9.82. The van der Waals surface area contributed by atoms with Crippen LogP contribution < -0.4 is 4.74 Å². The van der Waals surface area contributed by atoms with E-state index in [1.807, 2.05) is 25.2 Å². The Hall–Kier alpha value is -1.50. The standard InChI is InChI=1S/C29H42Cl2N4OS/c1-3-4-5-6-7-8-9-10-11-12-13-14-15-16-19-36-29-27-26(34-35(29)2)28(33-22-32-27)37-21-23-17-18-24(30)25(31)20-23/h17-18,20,22H,3-16,19,21H2,1-2H3. The lowest BCUT2D eigenvalue weighted by Crippen LogP contribution is -2.02. The summed E-state index contributed by atoms with van der Waals surface area (Å²) in [6.45, 7) is 2.96. The first-order chi connectivity index (χ1) is 18.1. The summed E-state index contributed by atoms with van der Waals surface area (Å²) in [7, 11) is 1.90. The number of thioether (sulfide) groups is 1. The number of hydrogen-bond donors (Lipinski definition) is 0. The molecule has 3 rings (SSSR count). The number of nitrogens with zero attached hydrogens (tertiary/aromatic N) is 4. The predicted molar refractivity (Wildman–Crippen MR) is 158 cm³/mol. The van der Waals surface area contributed by atoms with Crippen molar-refractivity contribution < 1.29 is 4.74 Å². The van der Waals surface area contributed by atoms with Crippen LogP contribution in [0.4, 0.5) is 0 Å². The molecule has 37 heavy (non-hydrogen) atoms. The van der Waals surface area contributed by atoms with Gasteiger partial charge in [0.2, 0.25) is 5.88 Å². The first-order valence-corrected chi connectivity index (χ1v) is 15.7. The summed E-state index contributed by atoms with van der Waals surface area (Å²) in [5.41, 5.74) is 2.61. The quantitative estimate of drug-likeness (QED) is 0.0823. The molecule has 0 atom stereocenters. The lowest BCUT2D eigenvalue weighted by molar-refractivity contribution is 0.282. The van der Waals surface area contributed by atoms with Crippen LogP contribution in [-0.2, 0) is 12.8 Å². The van der Waals surface area contributed by atoms with Crippen molar-refractivity contribution in [1.82, 2.24) is 19.7 Å². The average Bonchev–Trinajstić information content (AvgIpc) is 3.22. The van der Waals surface area contributed by atoms with Crippen molar-refractivity contribution in [2.45, 2.75) is 108 Å². The molecule has 0 saturated heterocycles. The van der Waals surface area contributed by atoms with Gasteiger partial charge in [0.25, 0.3) is 0 Å². The van der Waals surface area contributed by atoms with Crippen molar-refractivity contribution in [3.8, 4) is 5.88 Å². The van der Waals surface area contributed by atoms with E-state index in [1.54, 1.807) is 22.8 Å². The molecule has 204 valence electrons. The summed E-state index contributed by atoms with van der Waals surface area (Å²) in [6.07, 6.45) is 20.5. The molecular weight excluding hydrogens is 523 g/mol. The maximum Gasteiger partial charge on any atom is 0.239 e. The number of unbranched alkanes of at least 4 members (excludes halogenated alkanes) is 13. The molecule has 0 saturated carbocycles. The topological polar surface area (TPSA) is 52.8 Å². The lowest BCUT2D eigenvalue weighted by Gasteiger charge is -2.06. The van der Waals surface area contributed by atoms with E-state index < -0.39 is 0 Å². The van der Waals surface area contributed by atoms with Crippen LogP contribution in [0.3, 0.4) is 0 Å². The Balaban J connectivity index is 1.32. The Bertz CT molecular complexity index is 1080. The number of ether oxygens (including phenoxy) is 1. The van der Waals surface area contributed by atoms with Gasteiger partial charge in [-0.1, -0.05) is 131 Å². The number of fused-ring (bicyclic) bond motifs is 1. The monoisotopic (exact) mass is 564 g/mol. The second kappa shape index (κ2) is 17.2. The summed E-state index contributed by atoms with van der Waals surface area (Å²) < 4.78 is 7.88. The molecule has 0 N–H and O–H groups in total. The Kier molecular flexibility index (Phi) is 13.9. The van der Waals surface area contributed by atoms with Gasteiger partial charge in [0.1, 0.15) is 16.9 Å². The van der Waals surface area contributed by atoms with Crippen LogP contribution in [0.25, 0.3) is 11.0 Å². The molecule has 2 aromatic heterocycles. The van der Waals surface area contributed by atoms with Gasteiger partial charge < -0.3 is 4.74 Å². The molecule has 2 heterocycles. The van der Waals surface area contributed by atoms with Crippen LogP contribution >= 0.6 is 35.0 Å². The molecule has 0 aliphatic heterocycles. The van der Waals surface area contributed by atoms with Gasteiger partial charge in [0.15, 0.2) is 5.52 Å². The maximum absolute atomic E-state index is 6.15. The molecule has 0 bridgehead atoms. The van der Waals surface area contributed by atoms with Gasteiger partial charge in [0, 0.05) is 12.8 Å². The zero-order valence-corrected chi connectivity index (χ0v) is 24.8. The molecule has 0 amide bonds. The Labute approximate surface area is 237 Å². The minimum Gasteiger partial charge on any atom is -0.476 e. The molecular formula is C29H42Cl2N4OS. The van der Waals surface area contributed by atoms with Crippen LogP contribution in [0, 0.1) is 0 Å². The molecule has 0 aliphatic carbocycles. The van der Waals surface area contributed by atoms with Crippen molar-refractivity contribution >= 4 is 46.0 Å². The van der Waals surface area contributed by atoms with Crippen LogP contribution in [0.5, 0.6) is 5.88 Å². The highest BCUT2D eigenvalue weighted by Gasteiger charge is 2.16. The van der Waals surface area contributed by atoms with E-state index in [1.165, 1.54) is 83.5 Å². The third kappa shape index (κ3) is 10.3. The number of benzene rings is 1. The van der Waals surface area contributed by atoms with E-state index in [-0.39, 0.29) is 0 Å². The summed E-state index contributed by atoms with van der Waals surface area (Å²) in [5.74, 6) is 1.43. The van der Waals surface area contributed by atoms with Crippen molar-refractivity contribution in [2.75, 3.05) is 6.61 Å². The van der Waals surface area contributed by atoms with Crippen LogP contribution in [0.2, 0.25) is 10.0 Å². The van der Waals surface area contributed by atoms with Gasteiger partial charge in [-0.05, 0) is 24.1 Å². The first-order valence-electron chi connectivity index (χ1n) is 14.0. The van der Waals surface area contributed by atoms with Crippen molar-refractivity contribution in [1.29, 1.82) is 0 Å². The molecule has 0 radical (unpaired) electrons. The molecule has 0 unspecified atom stereocenters. The number of hydrogen-bond acceptors (Lipinski definition) is 5. The van der Waals surface area contributed by atoms with E-state index >= 15 is 0 Å². The number of aromatic nitrogens is 4. The van der Waals surface area contributed by atoms with E-state index in [2.05, 4.69) is 22.0 Å². The summed E-state index contributed by atoms with van der Waals surface area (Å²) >= 11 is 13.8. The summed E-state index contributed by atoms with van der Waals surface area (Å²) in [5, 5.41) is 6.60. The number of rotatable bonds is 19. The van der Waals surface area contributed by atoms with Crippen molar-refractivity contribution in [2.24, 2.45) is 7.05 Å². The van der Waals surface area contributed by atoms with E-state index in [0.29, 0.717) is 22.5 Å². The minimum atomic E-state index is 0.560. The van der Waals surface area contributed by atoms with Crippen LogP contribution in [0.15, 0.2) is 29.6 Å². The Morgan fingerprint density at radius 2 is 1.41 bits per heavy atom. The highest BCUT2D eigenvalue weighted by molar-refractivity contribution is 7.98. The molecule has 8 heteroatoms. The van der Waals surface area contributed by atoms with Gasteiger partial charge in [-0.25, -0.2) is 14.6 Å². The highest BCUT2D eigenvalue weighted by Crippen LogP contribution is 2.32. The van der Waals surface area contributed by atoms with Gasteiger partial charge >= 0.3 is 0 Å². The Morgan fingerprint density at radius 3 is 2.03 bits per heavy atom. The fourth-order valence-corrected chi connectivity index (χ4v) is 5.67. The van der Waals surface area contributed by atoms with Gasteiger partial charge in [-0.15, -0.1) is 0 Å². The molecule has 0 fully saturated rings. The zero-order chi connectivity index (χ0) is 26.3. The molecule has 3 aromatic rings. The molecule has 0 spiro atoms. The molecule has 1 aromatic carbocycles. The zero-order valence-electron chi connectivity index (χ0n) is 22.5. The van der Waals surface area contributed by atoms with Crippen LogP contribution in [-0.4, -0.2) is 26.4 Å². The minimum absolute atomic E-state index is 0.560. The average molecular weight is 566 g/mol. The second-order valence-corrected chi connectivity index (χ2v) is 11.6. The summed E-state index contributed by atoms with van der Waals surface area (Å²) in [6, 6.07) is 5.68. The normalized spacial score (nSPS) is 11.5. The first kappa shape index (κ1) is 30.0. The fraction of sp³-hybridized carbons (Fsp3) is 0.621. The van der Waals surface area contributed by atoms with Gasteiger partial charge in [-0.3, -0.25) is 0 Å². The van der Waals surface area contributed by atoms with Crippen molar-refractivity contribution in [3.63, 3.8) is 0 Å². The SMILES string of the molecule is CCCCCCCCCCCCCCCCOc1c2ncnc(SCc3ccc(Cl)c(Cl)c3)c2nn1C. The van der Waals surface area contributed by atoms with Crippen molar-refractivity contribution in [3.05, 3.63) is 40.1 Å². The van der Waals surface area contributed by atoms with Gasteiger partial charge in [-0.2, -0.15) is 5.10 Å². The second-order valence-electron chi connectivity index (χ2n) is 9.79. The largest absolute Gasteiger partial charge is 0.476 e. The lowest BCUT2D eigenvalue weighted by atomic mass is 10.0. The number of aryl methyl sites for hydroxylation is 1.